The van der Waals surface area contributed by atoms with Crippen molar-refractivity contribution in [3.05, 3.63) is 16.0 Å². The van der Waals surface area contributed by atoms with E-state index in [1.807, 2.05) is 25.7 Å². The van der Waals surface area contributed by atoms with E-state index < -0.39 is 11.9 Å². The van der Waals surface area contributed by atoms with E-state index in [9.17, 15) is 14.4 Å². The number of nitrogens with zero attached hydrogens (tertiary/aromatic N) is 1. The SMILES string of the molecule is CCOC(=O)c1c(NC(=O)CN2CC(C)OC(C)(C)C2)sc(C(=O)OCCOC)c1C. The Morgan fingerprint density at radius 2 is 1.94 bits per heavy atom. The summed E-state index contributed by atoms with van der Waals surface area (Å²) in [4.78, 5) is 40.0. The molecule has 1 fully saturated rings. The zero-order valence-electron chi connectivity index (χ0n) is 19.0. The molecule has 31 heavy (non-hydrogen) atoms. The van der Waals surface area contributed by atoms with Crippen LogP contribution in [0.15, 0.2) is 0 Å². The number of anilines is 1. The second-order valence-corrected chi connectivity index (χ2v) is 9.04. The second-order valence-electron chi connectivity index (χ2n) is 8.02. The van der Waals surface area contributed by atoms with E-state index in [0.717, 1.165) is 11.3 Å². The van der Waals surface area contributed by atoms with Crippen LogP contribution in [0.5, 0.6) is 0 Å². The van der Waals surface area contributed by atoms with E-state index in [0.29, 0.717) is 18.7 Å². The maximum atomic E-state index is 12.8. The van der Waals surface area contributed by atoms with Crippen molar-refractivity contribution in [3.8, 4) is 0 Å². The molecule has 0 spiro atoms. The van der Waals surface area contributed by atoms with E-state index in [1.54, 1.807) is 13.8 Å². The summed E-state index contributed by atoms with van der Waals surface area (Å²) in [7, 11) is 1.51. The zero-order chi connectivity index (χ0) is 23.2. The Kier molecular flexibility index (Phi) is 8.99. The van der Waals surface area contributed by atoms with Crippen molar-refractivity contribution in [2.24, 2.45) is 0 Å². The van der Waals surface area contributed by atoms with Gasteiger partial charge in [-0.25, -0.2) is 9.59 Å². The summed E-state index contributed by atoms with van der Waals surface area (Å²) in [5.41, 5.74) is 0.240. The minimum Gasteiger partial charge on any atom is -0.462 e. The fourth-order valence-corrected chi connectivity index (χ4v) is 4.71. The average molecular weight is 457 g/mol. The lowest BCUT2D eigenvalue weighted by Crippen LogP contribution is -2.53. The van der Waals surface area contributed by atoms with Gasteiger partial charge in [0.05, 0.1) is 37.0 Å². The molecule has 1 unspecified atom stereocenters. The molecule has 9 nitrogen and oxygen atoms in total. The summed E-state index contributed by atoms with van der Waals surface area (Å²) < 4.78 is 21.1. The number of rotatable bonds is 9. The number of morpholine rings is 1. The van der Waals surface area contributed by atoms with Gasteiger partial charge in [0.2, 0.25) is 5.91 Å². The van der Waals surface area contributed by atoms with Gasteiger partial charge in [-0.15, -0.1) is 11.3 Å². The van der Waals surface area contributed by atoms with E-state index in [1.165, 1.54) is 7.11 Å². The molecular formula is C21H32N2O7S. The molecule has 1 aromatic heterocycles. The van der Waals surface area contributed by atoms with Crippen LogP contribution in [0.2, 0.25) is 0 Å². The molecule has 174 valence electrons. The molecular weight excluding hydrogens is 424 g/mol. The van der Waals surface area contributed by atoms with Crippen LogP contribution in [0.4, 0.5) is 5.00 Å². The van der Waals surface area contributed by atoms with Crippen LogP contribution < -0.4 is 5.32 Å². The van der Waals surface area contributed by atoms with Gasteiger partial charge in [0.1, 0.15) is 16.5 Å². The second kappa shape index (κ2) is 11.0. The monoisotopic (exact) mass is 456 g/mol. The number of ether oxygens (including phenoxy) is 4. The Hall–Kier alpha value is -2.01. The number of thiophene rings is 1. The van der Waals surface area contributed by atoms with Crippen molar-refractivity contribution in [2.75, 3.05) is 51.9 Å². The molecule has 1 N–H and O–H groups in total. The standard InChI is InChI=1S/C21H32N2O7S/c1-7-28-19(25)16-14(3)17(20(26)29-9-8-27-6)31-18(16)22-15(24)11-23-10-13(2)30-21(4,5)12-23/h13H,7-12H2,1-6H3,(H,22,24). The highest BCUT2D eigenvalue weighted by atomic mass is 32.1. The molecule has 0 bridgehead atoms. The summed E-state index contributed by atoms with van der Waals surface area (Å²) in [5.74, 6) is -1.45. The minimum atomic E-state index is -0.594. The number of carbonyl (C=O) groups excluding carboxylic acids is 3. The quantitative estimate of drug-likeness (QED) is 0.447. The molecule has 0 aliphatic carbocycles. The average Bonchev–Trinajstić information content (AvgIpc) is 2.96. The highest BCUT2D eigenvalue weighted by Gasteiger charge is 2.33. The van der Waals surface area contributed by atoms with Gasteiger partial charge >= 0.3 is 11.9 Å². The Balaban J connectivity index is 2.19. The molecule has 0 radical (unpaired) electrons. The lowest BCUT2D eigenvalue weighted by Gasteiger charge is -2.41. The van der Waals surface area contributed by atoms with E-state index in [2.05, 4.69) is 5.32 Å². The highest BCUT2D eigenvalue weighted by molar-refractivity contribution is 7.18. The van der Waals surface area contributed by atoms with Gasteiger partial charge in [-0.05, 0) is 40.2 Å². The largest absolute Gasteiger partial charge is 0.462 e. The van der Waals surface area contributed by atoms with Crippen LogP contribution in [0, 0.1) is 6.92 Å². The van der Waals surface area contributed by atoms with Gasteiger partial charge in [-0.1, -0.05) is 0 Å². The third-order valence-corrected chi connectivity index (χ3v) is 5.78. The predicted molar refractivity (Wildman–Crippen MR) is 117 cm³/mol. The first-order valence-electron chi connectivity index (χ1n) is 10.2. The number of esters is 2. The van der Waals surface area contributed by atoms with Crippen molar-refractivity contribution in [1.82, 2.24) is 4.90 Å². The van der Waals surface area contributed by atoms with Crippen LogP contribution >= 0.6 is 11.3 Å². The molecule has 1 aliphatic rings. The Morgan fingerprint density at radius 3 is 2.55 bits per heavy atom. The van der Waals surface area contributed by atoms with Gasteiger partial charge in [0.15, 0.2) is 0 Å². The van der Waals surface area contributed by atoms with Crippen LogP contribution in [0.25, 0.3) is 0 Å². The van der Waals surface area contributed by atoms with Gasteiger partial charge in [0, 0.05) is 20.2 Å². The predicted octanol–water partition coefficient (Wildman–Crippen LogP) is 2.47. The summed E-state index contributed by atoms with van der Waals surface area (Å²) in [6.45, 7) is 11.2. The Morgan fingerprint density at radius 1 is 1.23 bits per heavy atom. The minimum absolute atomic E-state index is 0.00379. The number of carbonyl (C=O) groups is 3. The maximum Gasteiger partial charge on any atom is 0.348 e. The Bertz CT molecular complexity index is 806. The molecule has 1 amide bonds. The molecule has 10 heteroatoms. The molecule has 2 heterocycles. The van der Waals surface area contributed by atoms with E-state index in [4.69, 9.17) is 18.9 Å². The van der Waals surface area contributed by atoms with Crippen molar-refractivity contribution >= 4 is 34.2 Å². The molecule has 1 atom stereocenters. The normalized spacial score (nSPS) is 18.5. The fourth-order valence-electron chi connectivity index (χ4n) is 3.60. The molecule has 1 saturated heterocycles. The topological polar surface area (TPSA) is 103 Å². The first kappa shape index (κ1) is 25.3. The maximum absolute atomic E-state index is 12.8. The van der Waals surface area contributed by atoms with Crippen molar-refractivity contribution in [2.45, 2.75) is 46.3 Å². The van der Waals surface area contributed by atoms with Gasteiger partial charge in [-0.3, -0.25) is 9.69 Å². The summed E-state index contributed by atoms with van der Waals surface area (Å²) in [6.07, 6.45) is 0.00379. The summed E-state index contributed by atoms with van der Waals surface area (Å²) in [6, 6.07) is 0. The summed E-state index contributed by atoms with van der Waals surface area (Å²) in [5, 5.41) is 3.06. The van der Waals surface area contributed by atoms with Crippen LogP contribution in [-0.2, 0) is 23.7 Å². The third-order valence-electron chi connectivity index (χ3n) is 4.59. The van der Waals surface area contributed by atoms with E-state index in [-0.39, 0.29) is 59.4 Å². The van der Waals surface area contributed by atoms with Crippen molar-refractivity contribution in [1.29, 1.82) is 0 Å². The molecule has 0 aromatic carbocycles. The number of methoxy groups -OCH3 is 1. The number of hydrogen-bond donors (Lipinski definition) is 1. The number of amides is 1. The van der Waals surface area contributed by atoms with Crippen LogP contribution in [0.3, 0.4) is 0 Å². The molecule has 1 aliphatic heterocycles. The lowest BCUT2D eigenvalue weighted by molar-refractivity contribution is -0.136. The van der Waals surface area contributed by atoms with Crippen molar-refractivity contribution < 1.29 is 33.3 Å². The lowest BCUT2D eigenvalue weighted by atomic mass is 10.1. The van der Waals surface area contributed by atoms with Crippen LogP contribution in [-0.4, -0.2) is 81.0 Å². The smallest absolute Gasteiger partial charge is 0.348 e. The first-order valence-corrected chi connectivity index (χ1v) is 11.1. The Labute approximate surface area is 187 Å². The van der Waals surface area contributed by atoms with Gasteiger partial charge in [-0.2, -0.15) is 0 Å². The molecule has 2 rings (SSSR count). The zero-order valence-corrected chi connectivity index (χ0v) is 19.8. The van der Waals surface area contributed by atoms with Crippen LogP contribution in [0.1, 0.15) is 53.3 Å². The van der Waals surface area contributed by atoms with E-state index >= 15 is 0 Å². The third kappa shape index (κ3) is 6.99. The summed E-state index contributed by atoms with van der Waals surface area (Å²) >= 11 is 1.01. The van der Waals surface area contributed by atoms with Crippen molar-refractivity contribution in [3.63, 3.8) is 0 Å². The van der Waals surface area contributed by atoms with Gasteiger partial charge in [0.25, 0.3) is 0 Å². The highest BCUT2D eigenvalue weighted by Crippen LogP contribution is 2.34. The first-order chi connectivity index (χ1) is 14.6. The number of nitrogens with one attached hydrogen (secondary N) is 1. The number of hydrogen-bond acceptors (Lipinski definition) is 9. The molecule has 0 saturated carbocycles. The van der Waals surface area contributed by atoms with Gasteiger partial charge < -0.3 is 24.3 Å². The fraction of sp³-hybridized carbons (Fsp3) is 0.667. The molecule has 1 aromatic rings.